The van der Waals surface area contributed by atoms with Gasteiger partial charge in [-0.05, 0) is 11.6 Å². The lowest BCUT2D eigenvalue weighted by molar-refractivity contribution is 0.0691. The Labute approximate surface area is 95.9 Å². The van der Waals surface area contributed by atoms with Crippen LogP contribution in [-0.2, 0) is 13.8 Å². The smallest absolute Gasteiger partial charge is 0.389 e. The summed E-state index contributed by atoms with van der Waals surface area (Å²) in [7, 11) is -3.91. The summed E-state index contributed by atoms with van der Waals surface area (Å²) in [6, 6.07) is -1.08. The van der Waals surface area contributed by atoms with Gasteiger partial charge in [0.1, 0.15) is 0 Å². The fourth-order valence-corrected chi connectivity index (χ4v) is 2.56. The number of hydrogen-bond donors (Lipinski definition) is 4. The summed E-state index contributed by atoms with van der Waals surface area (Å²) in [5.74, 6) is 9.56. The lowest BCUT2D eigenvalue weighted by Gasteiger charge is -2.29. The molecular weight excluding hydrogens is 253 g/mol. The first-order valence-corrected chi connectivity index (χ1v) is 6.01. The van der Waals surface area contributed by atoms with Crippen LogP contribution in [-0.4, -0.2) is 28.5 Å². The van der Waals surface area contributed by atoms with Gasteiger partial charge in [0, 0.05) is 16.6 Å². The molecule has 0 aromatic rings. The summed E-state index contributed by atoms with van der Waals surface area (Å²) >= 11 is 0. The average molecular weight is 265 g/mol. The average Bonchev–Trinajstić information content (AvgIpc) is 2.32. The first kappa shape index (κ1) is 14.1. The minimum Gasteiger partial charge on any atom is -0.392 e. The van der Waals surface area contributed by atoms with Crippen LogP contribution in [0.2, 0.25) is 0 Å². The van der Waals surface area contributed by atoms with Crippen molar-refractivity contribution >= 4 is 7.60 Å². The van der Waals surface area contributed by atoms with Gasteiger partial charge in [-0.15, -0.1) is 0 Å². The highest BCUT2D eigenvalue weighted by Crippen LogP contribution is 2.56. The fraction of sp³-hybridized carbons (Fsp3) is 0.667. The topological polar surface area (TPSA) is 177 Å². The standard InChI is InChI=1S/C6H12N5O5P/c7-11-10-6-4(12)1-3(2-5(6)13)17(14,15-8)16-9/h1,4-6,12-13H,2,8-9H2/t4-,5+,6+/m1/s1. The minimum atomic E-state index is -3.91. The van der Waals surface area contributed by atoms with Crippen LogP contribution >= 0.6 is 7.60 Å². The summed E-state index contributed by atoms with van der Waals surface area (Å²) in [6.07, 6.45) is -1.69. The minimum absolute atomic E-state index is 0.0770. The predicted octanol–water partition coefficient (Wildman–Crippen LogP) is -0.352. The molecule has 0 aromatic heterocycles. The molecule has 1 rings (SSSR count). The normalized spacial score (nSPS) is 29.4. The van der Waals surface area contributed by atoms with E-state index in [1.165, 1.54) is 0 Å². The second kappa shape index (κ2) is 5.58. The van der Waals surface area contributed by atoms with Gasteiger partial charge in [0.15, 0.2) is 0 Å². The van der Waals surface area contributed by atoms with E-state index in [-0.39, 0.29) is 11.7 Å². The lowest BCUT2D eigenvalue weighted by Crippen LogP contribution is -2.38. The highest BCUT2D eigenvalue weighted by Gasteiger charge is 2.39. The van der Waals surface area contributed by atoms with E-state index in [4.69, 9.17) is 17.3 Å². The molecule has 6 N–H and O–H groups in total. The largest absolute Gasteiger partial charge is 0.392 e. The highest BCUT2D eigenvalue weighted by molar-refractivity contribution is 7.58. The number of aliphatic hydroxyl groups is 2. The number of azide groups is 1. The summed E-state index contributed by atoms with van der Waals surface area (Å²) in [5, 5.41) is 22.3. The van der Waals surface area contributed by atoms with Crippen molar-refractivity contribution in [3.05, 3.63) is 21.8 Å². The van der Waals surface area contributed by atoms with Crippen LogP contribution in [0.1, 0.15) is 6.42 Å². The Kier molecular flexibility index (Phi) is 4.63. The number of nitrogens with zero attached hydrogens (tertiary/aromatic N) is 3. The van der Waals surface area contributed by atoms with Gasteiger partial charge in [-0.2, -0.15) is 0 Å². The monoisotopic (exact) mass is 265 g/mol. The number of hydrogen-bond acceptors (Lipinski definition) is 8. The first-order chi connectivity index (χ1) is 7.98. The second-order valence-electron chi connectivity index (χ2n) is 3.32. The summed E-state index contributed by atoms with van der Waals surface area (Å²) in [4.78, 5) is 2.48. The highest BCUT2D eigenvalue weighted by atomic mass is 31.2. The van der Waals surface area contributed by atoms with Gasteiger partial charge in [0.05, 0.1) is 18.2 Å². The molecule has 17 heavy (non-hydrogen) atoms. The van der Waals surface area contributed by atoms with Crippen LogP contribution in [0.3, 0.4) is 0 Å². The van der Waals surface area contributed by atoms with E-state index in [2.05, 4.69) is 19.3 Å². The van der Waals surface area contributed by atoms with Crippen molar-refractivity contribution in [3.63, 3.8) is 0 Å². The van der Waals surface area contributed by atoms with Gasteiger partial charge in [-0.1, -0.05) is 5.11 Å². The number of rotatable bonds is 4. The molecule has 0 bridgehead atoms. The Hall–Kier alpha value is -0.960. The zero-order chi connectivity index (χ0) is 13.1. The summed E-state index contributed by atoms with van der Waals surface area (Å²) < 4.78 is 20.0. The molecule has 0 fully saturated rings. The van der Waals surface area contributed by atoms with Gasteiger partial charge in [0.25, 0.3) is 0 Å². The third-order valence-corrected chi connectivity index (χ3v) is 3.93. The molecular formula is C6H12N5O5P. The molecule has 11 heteroatoms. The number of aliphatic hydroxyl groups excluding tert-OH is 2. The molecule has 3 atom stereocenters. The van der Waals surface area contributed by atoms with Gasteiger partial charge in [-0.25, -0.2) is 21.0 Å². The van der Waals surface area contributed by atoms with Crippen molar-refractivity contribution < 1.29 is 24.0 Å². The van der Waals surface area contributed by atoms with Crippen molar-refractivity contribution in [1.29, 1.82) is 0 Å². The van der Waals surface area contributed by atoms with Gasteiger partial charge in [0.2, 0.25) is 0 Å². The zero-order valence-corrected chi connectivity index (χ0v) is 9.47. The maximum absolute atomic E-state index is 11.8. The Bertz CT molecular complexity index is 400. The van der Waals surface area contributed by atoms with E-state index in [9.17, 15) is 14.8 Å². The molecule has 0 amide bonds. The summed E-state index contributed by atoms with van der Waals surface area (Å²) in [6.45, 7) is 0. The van der Waals surface area contributed by atoms with Crippen LogP contribution in [0.15, 0.2) is 16.5 Å². The Morgan fingerprint density at radius 3 is 2.53 bits per heavy atom. The Balaban J connectivity index is 3.04. The zero-order valence-electron chi connectivity index (χ0n) is 8.58. The Morgan fingerprint density at radius 1 is 1.53 bits per heavy atom. The first-order valence-electron chi connectivity index (χ1n) is 4.47. The van der Waals surface area contributed by atoms with Crippen LogP contribution in [0.5, 0.6) is 0 Å². The SMILES string of the molecule is [N-]=[N+]=N[C@H]1[C@H](O)C=C(P(=O)(ON)ON)C[C@@H]1O. The fourth-order valence-electron chi connectivity index (χ4n) is 1.49. The molecule has 0 unspecified atom stereocenters. The molecule has 0 saturated carbocycles. The third kappa shape index (κ3) is 2.83. The van der Waals surface area contributed by atoms with Crippen molar-refractivity contribution in [2.45, 2.75) is 24.7 Å². The van der Waals surface area contributed by atoms with E-state index >= 15 is 0 Å². The molecule has 10 nitrogen and oxygen atoms in total. The molecule has 0 aromatic carbocycles. The van der Waals surface area contributed by atoms with E-state index in [0.717, 1.165) is 6.08 Å². The molecule has 1 aliphatic carbocycles. The predicted molar refractivity (Wildman–Crippen MR) is 55.8 cm³/mol. The maximum atomic E-state index is 11.8. The van der Waals surface area contributed by atoms with Crippen molar-refractivity contribution in [2.24, 2.45) is 16.9 Å². The molecule has 96 valence electrons. The lowest BCUT2D eigenvalue weighted by atomic mass is 9.97. The molecule has 0 radical (unpaired) electrons. The van der Waals surface area contributed by atoms with Crippen LogP contribution in [0.25, 0.3) is 10.4 Å². The van der Waals surface area contributed by atoms with Crippen LogP contribution < -0.4 is 11.8 Å². The van der Waals surface area contributed by atoms with E-state index in [1.807, 2.05) is 0 Å². The van der Waals surface area contributed by atoms with Crippen molar-refractivity contribution in [2.75, 3.05) is 0 Å². The number of nitrogens with two attached hydrogens (primary N) is 2. The molecule has 0 aliphatic heterocycles. The van der Waals surface area contributed by atoms with Gasteiger partial charge in [-0.3, -0.25) is 4.57 Å². The van der Waals surface area contributed by atoms with Crippen LogP contribution in [0, 0.1) is 0 Å². The Morgan fingerprint density at radius 2 is 2.12 bits per heavy atom. The second-order valence-corrected chi connectivity index (χ2v) is 5.31. The quantitative estimate of drug-likeness (QED) is 0.176. The van der Waals surface area contributed by atoms with E-state index in [1.54, 1.807) is 0 Å². The van der Waals surface area contributed by atoms with Gasteiger partial charge < -0.3 is 10.2 Å². The van der Waals surface area contributed by atoms with E-state index in [0.29, 0.717) is 0 Å². The van der Waals surface area contributed by atoms with E-state index < -0.39 is 25.8 Å². The van der Waals surface area contributed by atoms with Crippen molar-refractivity contribution in [3.8, 4) is 0 Å². The third-order valence-electron chi connectivity index (χ3n) is 2.34. The maximum Gasteiger partial charge on any atom is 0.389 e. The van der Waals surface area contributed by atoms with Crippen molar-refractivity contribution in [1.82, 2.24) is 0 Å². The molecule has 1 aliphatic rings. The molecule has 0 spiro atoms. The summed E-state index contributed by atoms with van der Waals surface area (Å²) in [5.41, 5.74) is 8.24. The molecule has 0 saturated heterocycles. The van der Waals surface area contributed by atoms with Crippen LogP contribution in [0.4, 0.5) is 0 Å². The molecule has 0 heterocycles. The van der Waals surface area contributed by atoms with Gasteiger partial charge >= 0.3 is 7.60 Å².